The van der Waals surface area contributed by atoms with E-state index in [1.54, 1.807) is 23.2 Å². The van der Waals surface area contributed by atoms with Gasteiger partial charge >= 0.3 is 0 Å². The summed E-state index contributed by atoms with van der Waals surface area (Å²) in [4.78, 5) is 35.7. The van der Waals surface area contributed by atoms with E-state index in [0.717, 1.165) is 24.3 Å². The average molecular weight is 366 g/mol. The zero-order chi connectivity index (χ0) is 19.4. The van der Waals surface area contributed by atoms with Crippen molar-refractivity contribution >= 4 is 17.5 Å². The van der Waals surface area contributed by atoms with Crippen LogP contribution in [0.15, 0.2) is 42.6 Å². The van der Waals surface area contributed by atoms with E-state index in [2.05, 4.69) is 16.9 Å². The first-order chi connectivity index (χ1) is 13.0. The van der Waals surface area contributed by atoms with Crippen LogP contribution in [0.1, 0.15) is 33.3 Å². The third-order valence-corrected chi connectivity index (χ3v) is 4.89. The highest BCUT2D eigenvalue weighted by molar-refractivity contribution is 6.06. The summed E-state index contributed by atoms with van der Waals surface area (Å²) < 4.78 is 0. The Bertz CT molecular complexity index is 828. The van der Waals surface area contributed by atoms with E-state index in [1.807, 2.05) is 43.0 Å². The van der Waals surface area contributed by atoms with Crippen molar-refractivity contribution in [2.24, 2.45) is 0 Å². The first-order valence-electron chi connectivity index (χ1n) is 9.32. The zero-order valence-corrected chi connectivity index (χ0v) is 16.2. The summed E-state index contributed by atoms with van der Waals surface area (Å²) in [5.41, 5.74) is 2.72. The summed E-state index contributed by atoms with van der Waals surface area (Å²) in [6, 6.07) is 11.1. The monoisotopic (exact) mass is 366 g/mol. The summed E-state index contributed by atoms with van der Waals surface area (Å²) in [5.74, 6) is -0.241. The quantitative estimate of drug-likeness (QED) is 0.834. The standard InChI is InChI=1S/C21H26N4O2/c1-4-25(18-7-5-6-16(2)14-18)21(27)19-15-17(8-9-22-19)20(26)24-12-10-23(3)11-13-24/h5-9,14-15H,4,10-13H2,1-3H3. The fraction of sp³-hybridized carbons (Fsp3) is 0.381. The second-order valence-corrected chi connectivity index (χ2v) is 6.91. The van der Waals surface area contributed by atoms with Crippen LogP contribution in [0.4, 0.5) is 5.69 Å². The molecule has 1 aliphatic heterocycles. The molecular formula is C21H26N4O2. The number of anilines is 1. The van der Waals surface area contributed by atoms with Gasteiger partial charge in [0.25, 0.3) is 11.8 Å². The lowest BCUT2D eigenvalue weighted by molar-refractivity contribution is 0.0664. The first-order valence-corrected chi connectivity index (χ1v) is 9.32. The van der Waals surface area contributed by atoms with Crippen molar-refractivity contribution < 1.29 is 9.59 Å². The fourth-order valence-electron chi connectivity index (χ4n) is 3.25. The number of likely N-dealkylation sites (N-methyl/N-ethyl adjacent to an activating group) is 1. The van der Waals surface area contributed by atoms with Gasteiger partial charge in [0.15, 0.2) is 0 Å². The van der Waals surface area contributed by atoms with Gasteiger partial charge in [0.2, 0.25) is 0 Å². The Morgan fingerprint density at radius 1 is 1.11 bits per heavy atom. The minimum atomic E-state index is -0.198. The molecule has 0 saturated carbocycles. The first kappa shape index (κ1) is 19.0. The molecule has 0 unspecified atom stereocenters. The van der Waals surface area contributed by atoms with Crippen molar-refractivity contribution in [3.05, 3.63) is 59.4 Å². The van der Waals surface area contributed by atoms with Gasteiger partial charge in [0, 0.05) is 50.2 Å². The smallest absolute Gasteiger partial charge is 0.276 e. The predicted molar refractivity (Wildman–Crippen MR) is 106 cm³/mol. The molecule has 1 saturated heterocycles. The Morgan fingerprint density at radius 3 is 2.52 bits per heavy atom. The van der Waals surface area contributed by atoms with Crippen molar-refractivity contribution in [1.29, 1.82) is 0 Å². The maximum Gasteiger partial charge on any atom is 0.276 e. The van der Waals surface area contributed by atoms with Crippen LogP contribution in [0, 0.1) is 6.92 Å². The molecule has 2 aromatic rings. The van der Waals surface area contributed by atoms with Crippen molar-refractivity contribution in [2.75, 3.05) is 44.7 Å². The van der Waals surface area contributed by atoms with Gasteiger partial charge in [-0.1, -0.05) is 12.1 Å². The van der Waals surface area contributed by atoms with E-state index in [9.17, 15) is 9.59 Å². The SMILES string of the molecule is CCN(C(=O)c1cc(C(=O)N2CCN(C)CC2)ccn1)c1cccc(C)c1. The number of hydrogen-bond donors (Lipinski definition) is 0. The van der Waals surface area contributed by atoms with E-state index in [0.29, 0.717) is 30.9 Å². The predicted octanol–water partition coefficient (Wildman–Crippen LogP) is 2.44. The van der Waals surface area contributed by atoms with Crippen molar-refractivity contribution in [2.45, 2.75) is 13.8 Å². The van der Waals surface area contributed by atoms with Crippen LogP contribution >= 0.6 is 0 Å². The van der Waals surface area contributed by atoms with E-state index in [4.69, 9.17) is 0 Å². The number of pyridine rings is 1. The van der Waals surface area contributed by atoms with Crippen LogP contribution < -0.4 is 4.90 Å². The molecule has 27 heavy (non-hydrogen) atoms. The molecule has 2 heterocycles. The van der Waals surface area contributed by atoms with Gasteiger partial charge < -0.3 is 14.7 Å². The Hall–Kier alpha value is -2.73. The highest BCUT2D eigenvalue weighted by Crippen LogP contribution is 2.19. The van der Waals surface area contributed by atoms with Crippen molar-refractivity contribution in [3.8, 4) is 0 Å². The minimum Gasteiger partial charge on any atom is -0.336 e. The Balaban J connectivity index is 1.81. The van der Waals surface area contributed by atoms with E-state index < -0.39 is 0 Å². The Morgan fingerprint density at radius 2 is 1.85 bits per heavy atom. The molecule has 6 heteroatoms. The van der Waals surface area contributed by atoms with Crippen LogP contribution in [-0.2, 0) is 0 Å². The Labute approximate surface area is 160 Å². The molecule has 0 spiro atoms. The number of hydrogen-bond acceptors (Lipinski definition) is 4. The van der Waals surface area contributed by atoms with Crippen LogP contribution in [0.3, 0.4) is 0 Å². The number of carbonyl (C=O) groups is 2. The third kappa shape index (κ3) is 4.34. The molecule has 0 N–H and O–H groups in total. The van der Waals surface area contributed by atoms with Crippen LogP contribution in [0.2, 0.25) is 0 Å². The largest absolute Gasteiger partial charge is 0.336 e. The topological polar surface area (TPSA) is 56.8 Å². The Kier molecular flexibility index (Phi) is 5.86. The highest BCUT2D eigenvalue weighted by Gasteiger charge is 2.23. The molecule has 1 aromatic carbocycles. The molecule has 1 fully saturated rings. The van der Waals surface area contributed by atoms with Gasteiger partial charge in [0.05, 0.1) is 0 Å². The number of amides is 2. The number of rotatable bonds is 4. The van der Waals surface area contributed by atoms with Crippen molar-refractivity contribution in [1.82, 2.24) is 14.8 Å². The number of aromatic nitrogens is 1. The molecule has 1 aliphatic rings. The number of aryl methyl sites for hydroxylation is 1. The normalized spacial score (nSPS) is 14.9. The molecule has 0 atom stereocenters. The van der Waals surface area contributed by atoms with Crippen LogP contribution in [0.25, 0.3) is 0 Å². The van der Waals surface area contributed by atoms with Gasteiger partial charge in [-0.05, 0) is 50.7 Å². The zero-order valence-electron chi connectivity index (χ0n) is 16.2. The average Bonchev–Trinajstić information content (AvgIpc) is 2.69. The van der Waals surface area contributed by atoms with Gasteiger partial charge in [-0.25, -0.2) is 0 Å². The van der Waals surface area contributed by atoms with E-state index in [-0.39, 0.29) is 11.8 Å². The molecule has 142 valence electrons. The van der Waals surface area contributed by atoms with Gasteiger partial charge in [-0.15, -0.1) is 0 Å². The van der Waals surface area contributed by atoms with E-state index in [1.165, 1.54) is 0 Å². The summed E-state index contributed by atoms with van der Waals surface area (Å²) in [6.45, 7) is 7.57. The van der Waals surface area contributed by atoms with Gasteiger partial charge in [0.1, 0.15) is 5.69 Å². The summed E-state index contributed by atoms with van der Waals surface area (Å²) in [5, 5.41) is 0. The molecule has 1 aromatic heterocycles. The molecule has 0 radical (unpaired) electrons. The van der Waals surface area contributed by atoms with Gasteiger partial charge in [-0.2, -0.15) is 0 Å². The second kappa shape index (κ2) is 8.31. The van der Waals surface area contributed by atoms with Gasteiger partial charge in [-0.3, -0.25) is 14.6 Å². The molecule has 6 nitrogen and oxygen atoms in total. The molecule has 0 bridgehead atoms. The maximum absolute atomic E-state index is 13.0. The van der Waals surface area contributed by atoms with E-state index >= 15 is 0 Å². The van der Waals surface area contributed by atoms with Crippen LogP contribution in [0.5, 0.6) is 0 Å². The van der Waals surface area contributed by atoms with Crippen LogP contribution in [-0.4, -0.2) is 66.4 Å². The number of benzene rings is 1. The summed E-state index contributed by atoms with van der Waals surface area (Å²) in [6.07, 6.45) is 1.54. The minimum absolute atomic E-state index is 0.0434. The lowest BCUT2D eigenvalue weighted by Gasteiger charge is -2.32. The molecule has 3 rings (SSSR count). The maximum atomic E-state index is 13.0. The molecule has 0 aliphatic carbocycles. The summed E-state index contributed by atoms with van der Waals surface area (Å²) in [7, 11) is 2.05. The number of carbonyl (C=O) groups excluding carboxylic acids is 2. The summed E-state index contributed by atoms with van der Waals surface area (Å²) >= 11 is 0. The molecular weight excluding hydrogens is 340 g/mol. The molecule has 2 amide bonds. The lowest BCUT2D eigenvalue weighted by Crippen LogP contribution is -2.47. The number of nitrogens with zero attached hydrogens (tertiary/aromatic N) is 4. The number of piperazine rings is 1. The lowest BCUT2D eigenvalue weighted by atomic mass is 10.1. The second-order valence-electron chi connectivity index (χ2n) is 6.91. The third-order valence-electron chi connectivity index (χ3n) is 4.89. The highest BCUT2D eigenvalue weighted by atomic mass is 16.2. The van der Waals surface area contributed by atoms with Crippen molar-refractivity contribution in [3.63, 3.8) is 0 Å². The fourth-order valence-corrected chi connectivity index (χ4v) is 3.25.